The van der Waals surface area contributed by atoms with Gasteiger partial charge in [0.25, 0.3) is 5.56 Å². The SMILES string of the molecule is CC(c1nc2ccc(/C(=N/N)NN)cc2c(=O)n1C)N1CCN(Sc2ccc(Cl)cc2)CC1. The van der Waals surface area contributed by atoms with Crippen LogP contribution in [0.4, 0.5) is 0 Å². The van der Waals surface area contributed by atoms with E-state index in [9.17, 15) is 4.79 Å². The van der Waals surface area contributed by atoms with E-state index in [0.717, 1.165) is 37.0 Å². The lowest BCUT2D eigenvalue weighted by atomic mass is 10.1. The summed E-state index contributed by atoms with van der Waals surface area (Å²) in [5, 5.41) is 4.85. The van der Waals surface area contributed by atoms with Crippen molar-refractivity contribution in [3.63, 3.8) is 0 Å². The van der Waals surface area contributed by atoms with Gasteiger partial charge in [-0.15, -0.1) is 0 Å². The fourth-order valence-electron chi connectivity index (χ4n) is 3.99. The number of benzene rings is 2. The third kappa shape index (κ3) is 4.99. The van der Waals surface area contributed by atoms with E-state index in [1.54, 1.807) is 41.8 Å². The second kappa shape index (κ2) is 10.1. The van der Waals surface area contributed by atoms with E-state index in [1.165, 1.54) is 4.90 Å². The van der Waals surface area contributed by atoms with Crippen LogP contribution in [0.3, 0.4) is 0 Å². The number of halogens is 1. The van der Waals surface area contributed by atoms with Gasteiger partial charge in [-0.2, -0.15) is 5.10 Å². The van der Waals surface area contributed by atoms with Gasteiger partial charge < -0.3 is 11.3 Å². The molecule has 1 atom stereocenters. The molecule has 0 aliphatic carbocycles. The zero-order valence-electron chi connectivity index (χ0n) is 18.5. The maximum absolute atomic E-state index is 13.1. The monoisotopic (exact) mass is 486 g/mol. The van der Waals surface area contributed by atoms with Crippen molar-refractivity contribution in [2.24, 2.45) is 23.8 Å². The molecular formula is C22H27ClN8OS. The van der Waals surface area contributed by atoms with E-state index in [2.05, 4.69) is 26.7 Å². The topological polar surface area (TPSA) is 118 Å². The highest BCUT2D eigenvalue weighted by Crippen LogP contribution is 2.27. The predicted molar refractivity (Wildman–Crippen MR) is 134 cm³/mol. The molecule has 11 heteroatoms. The first-order chi connectivity index (χ1) is 15.9. The number of hydrogen-bond donors (Lipinski definition) is 3. The molecule has 1 aromatic heterocycles. The van der Waals surface area contributed by atoms with Gasteiger partial charge in [0.2, 0.25) is 0 Å². The number of rotatable bonds is 5. The molecule has 1 aliphatic rings. The minimum atomic E-state index is -0.117. The summed E-state index contributed by atoms with van der Waals surface area (Å²) < 4.78 is 3.98. The summed E-state index contributed by atoms with van der Waals surface area (Å²) in [5.74, 6) is 11.9. The maximum atomic E-state index is 13.1. The Morgan fingerprint density at radius 2 is 1.88 bits per heavy atom. The number of nitrogens with one attached hydrogen (secondary N) is 1. The largest absolute Gasteiger partial charge is 0.321 e. The fraction of sp³-hybridized carbons (Fsp3) is 0.318. The molecule has 3 aromatic rings. The van der Waals surface area contributed by atoms with Gasteiger partial charge in [-0.25, -0.2) is 15.1 Å². The Morgan fingerprint density at radius 1 is 1.18 bits per heavy atom. The summed E-state index contributed by atoms with van der Waals surface area (Å²) >= 11 is 7.73. The molecule has 1 aliphatic heterocycles. The molecule has 0 amide bonds. The van der Waals surface area contributed by atoms with Crippen LogP contribution in [0.1, 0.15) is 24.4 Å². The average molecular weight is 487 g/mol. The molecule has 33 heavy (non-hydrogen) atoms. The summed E-state index contributed by atoms with van der Waals surface area (Å²) in [7, 11) is 1.76. The van der Waals surface area contributed by atoms with E-state index in [-0.39, 0.29) is 11.6 Å². The molecular weight excluding hydrogens is 460 g/mol. The van der Waals surface area contributed by atoms with Gasteiger partial charge in [0.1, 0.15) is 5.82 Å². The van der Waals surface area contributed by atoms with Crippen molar-refractivity contribution >= 4 is 40.3 Å². The Morgan fingerprint density at radius 3 is 2.52 bits per heavy atom. The summed E-state index contributed by atoms with van der Waals surface area (Å²) in [6.45, 7) is 5.69. The minimum absolute atomic E-state index is 0.00123. The number of nitrogens with two attached hydrogens (primary N) is 2. The number of fused-ring (bicyclic) bond motifs is 1. The van der Waals surface area contributed by atoms with E-state index >= 15 is 0 Å². The molecule has 0 bridgehead atoms. The lowest BCUT2D eigenvalue weighted by Gasteiger charge is -2.37. The Labute approximate surface area is 201 Å². The summed E-state index contributed by atoms with van der Waals surface area (Å²) in [6, 6.07) is 13.2. The number of piperazine rings is 1. The van der Waals surface area contributed by atoms with Crippen LogP contribution in [0.2, 0.25) is 5.02 Å². The third-order valence-electron chi connectivity index (χ3n) is 5.89. The molecule has 2 aromatic carbocycles. The minimum Gasteiger partial charge on any atom is -0.321 e. The molecule has 4 rings (SSSR count). The quantitative estimate of drug-likeness (QED) is 0.165. The van der Waals surface area contributed by atoms with Crippen LogP contribution in [0, 0.1) is 0 Å². The second-order valence-electron chi connectivity index (χ2n) is 7.87. The number of hydrogen-bond acceptors (Lipinski definition) is 8. The van der Waals surface area contributed by atoms with Crippen molar-refractivity contribution < 1.29 is 0 Å². The molecule has 1 fully saturated rings. The molecule has 2 heterocycles. The van der Waals surface area contributed by atoms with Crippen LogP contribution >= 0.6 is 23.5 Å². The van der Waals surface area contributed by atoms with Gasteiger partial charge in [0, 0.05) is 48.7 Å². The highest BCUT2D eigenvalue weighted by atomic mass is 35.5. The van der Waals surface area contributed by atoms with Gasteiger partial charge in [-0.3, -0.25) is 14.3 Å². The summed E-state index contributed by atoms with van der Waals surface area (Å²) in [6.07, 6.45) is 0. The van der Waals surface area contributed by atoms with Crippen molar-refractivity contribution in [3.8, 4) is 0 Å². The average Bonchev–Trinajstić information content (AvgIpc) is 2.84. The standard InChI is InChI=1S/C22H27ClN8OS/c1-14(30-9-11-31(12-10-30)33-17-6-4-16(23)5-7-17)21-26-19-8-3-15(20(27-24)28-25)13-18(19)22(32)29(21)2/h3-8,13-14H,9-12,24-25H2,1-2H3,(H,27,28). The Bertz CT molecular complexity index is 1220. The van der Waals surface area contributed by atoms with E-state index in [1.807, 2.05) is 24.3 Å². The van der Waals surface area contributed by atoms with Crippen molar-refractivity contribution in [1.82, 2.24) is 24.2 Å². The molecule has 9 nitrogen and oxygen atoms in total. The predicted octanol–water partition coefficient (Wildman–Crippen LogP) is 2.06. The fourth-order valence-corrected chi connectivity index (χ4v) is 5.02. The molecule has 1 saturated heterocycles. The second-order valence-corrected chi connectivity index (χ2v) is 9.48. The summed E-state index contributed by atoms with van der Waals surface area (Å²) in [4.78, 5) is 21.5. The van der Waals surface area contributed by atoms with Gasteiger partial charge in [-0.1, -0.05) is 11.6 Å². The van der Waals surface area contributed by atoms with E-state index in [0.29, 0.717) is 22.3 Å². The normalized spacial score (nSPS) is 16.8. The van der Waals surface area contributed by atoms with Gasteiger partial charge in [-0.05, 0) is 61.3 Å². The zero-order chi connectivity index (χ0) is 23.5. The number of hydrazine groups is 1. The lowest BCUT2D eigenvalue weighted by molar-refractivity contribution is 0.144. The third-order valence-corrected chi connectivity index (χ3v) is 7.25. The molecule has 174 valence electrons. The van der Waals surface area contributed by atoms with Gasteiger partial charge in [0.15, 0.2) is 5.84 Å². The number of hydrazone groups is 1. The van der Waals surface area contributed by atoms with Gasteiger partial charge >= 0.3 is 0 Å². The maximum Gasteiger partial charge on any atom is 0.261 e. The first-order valence-electron chi connectivity index (χ1n) is 10.6. The van der Waals surface area contributed by atoms with Crippen LogP contribution in [0.5, 0.6) is 0 Å². The Hall–Kier alpha value is -2.63. The van der Waals surface area contributed by atoms with Crippen LogP contribution in [0.15, 0.2) is 57.3 Å². The van der Waals surface area contributed by atoms with Crippen molar-refractivity contribution in [2.75, 3.05) is 26.2 Å². The lowest BCUT2D eigenvalue weighted by Crippen LogP contribution is -2.45. The van der Waals surface area contributed by atoms with Crippen LogP contribution in [-0.2, 0) is 7.05 Å². The van der Waals surface area contributed by atoms with Crippen molar-refractivity contribution in [3.05, 3.63) is 69.2 Å². The van der Waals surface area contributed by atoms with Crippen molar-refractivity contribution in [1.29, 1.82) is 0 Å². The van der Waals surface area contributed by atoms with Gasteiger partial charge in [0.05, 0.1) is 16.9 Å². The van der Waals surface area contributed by atoms with E-state index < -0.39 is 0 Å². The molecule has 0 radical (unpaired) electrons. The summed E-state index contributed by atoms with van der Waals surface area (Å²) in [5.41, 5.74) is 3.58. The molecule has 5 N–H and O–H groups in total. The first-order valence-corrected chi connectivity index (χ1v) is 11.7. The zero-order valence-corrected chi connectivity index (χ0v) is 20.1. The van der Waals surface area contributed by atoms with Crippen LogP contribution in [-0.4, -0.2) is 50.8 Å². The number of amidine groups is 1. The molecule has 0 spiro atoms. The van der Waals surface area contributed by atoms with Crippen LogP contribution in [0.25, 0.3) is 10.9 Å². The number of aromatic nitrogens is 2. The Kier molecular flexibility index (Phi) is 7.20. The highest BCUT2D eigenvalue weighted by molar-refractivity contribution is 7.97. The Balaban J connectivity index is 1.50. The first kappa shape index (κ1) is 23.5. The van der Waals surface area contributed by atoms with Crippen molar-refractivity contribution in [2.45, 2.75) is 17.9 Å². The van der Waals surface area contributed by atoms with Crippen LogP contribution < -0.4 is 22.7 Å². The molecule has 0 saturated carbocycles. The molecule has 1 unspecified atom stereocenters. The highest BCUT2D eigenvalue weighted by Gasteiger charge is 2.25. The van der Waals surface area contributed by atoms with E-state index in [4.69, 9.17) is 28.3 Å². The number of nitrogens with zero attached hydrogens (tertiary/aromatic N) is 5. The smallest absolute Gasteiger partial charge is 0.261 e.